The molecule has 0 saturated carbocycles. The zero-order chi connectivity index (χ0) is 15.3. The van der Waals surface area contributed by atoms with Crippen molar-refractivity contribution in [2.45, 2.75) is 32.7 Å². The summed E-state index contributed by atoms with van der Waals surface area (Å²) in [5.41, 5.74) is 5.26. The Hall–Kier alpha value is -2.35. The van der Waals surface area contributed by atoms with Crippen molar-refractivity contribution in [3.63, 3.8) is 0 Å². The molecule has 5 nitrogen and oxygen atoms in total. The molecule has 3 N–H and O–H groups in total. The third-order valence-electron chi connectivity index (χ3n) is 3.60. The Morgan fingerprint density at radius 2 is 1.90 bits per heavy atom. The molecule has 0 aliphatic carbocycles. The van der Waals surface area contributed by atoms with Gasteiger partial charge in [-0.05, 0) is 36.6 Å². The molecule has 0 aliphatic rings. The van der Waals surface area contributed by atoms with Gasteiger partial charge in [0.15, 0.2) is 0 Å². The van der Waals surface area contributed by atoms with Crippen LogP contribution in [0.2, 0.25) is 0 Å². The van der Waals surface area contributed by atoms with Gasteiger partial charge in [-0.2, -0.15) is 5.26 Å². The molecule has 1 rings (SSSR count). The molecule has 20 heavy (non-hydrogen) atoms. The van der Waals surface area contributed by atoms with Crippen molar-refractivity contribution in [2.75, 3.05) is 0 Å². The maximum atomic E-state index is 12.2. The predicted octanol–water partition coefficient (Wildman–Crippen LogP) is 1.58. The Morgan fingerprint density at radius 1 is 1.35 bits per heavy atom. The monoisotopic (exact) mass is 273 g/mol. The van der Waals surface area contributed by atoms with Gasteiger partial charge in [0, 0.05) is 5.56 Å². The topological polar surface area (TPSA) is 96.0 Å². The molecular weight excluding hydrogens is 254 g/mol. The number of rotatable bonds is 5. The number of carbonyl (C=O) groups excluding carboxylic acids is 2. The van der Waals surface area contributed by atoms with E-state index in [1.54, 1.807) is 24.3 Å². The summed E-state index contributed by atoms with van der Waals surface area (Å²) in [6.45, 7) is 5.49. The van der Waals surface area contributed by atoms with E-state index in [4.69, 9.17) is 11.0 Å². The van der Waals surface area contributed by atoms with Crippen LogP contribution in [0, 0.1) is 17.2 Å². The van der Waals surface area contributed by atoms with Crippen LogP contribution in [-0.4, -0.2) is 17.4 Å². The maximum absolute atomic E-state index is 12.2. The van der Waals surface area contributed by atoms with Crippen molar-refractivity contribution < 1.29 is 9.59 Å². The molecule has 2 amide bonds. The predicted molar refractivity (Wildman–Crippen MR) is 75.7 cm³/mol. The summed E-state index contributed by atoms with van der Waals surface area (Å²) in [5.74, 6) is -1.03. The highest BCUT2D eigenvalue weighted by Gasteiger charge is 2.39. The summed E-state index contributed by atoms with van der Waals surface area (Å²) < 4.78 is 0. The third kappa shape index (κ3) is 2.97. The molecule has 0 spiro atoms. The summed E-state index contributed by atoms with van der Waals surface area (Å²) in [6.07, 6.45) is 0.419. The van der Waals surface area contributed by atoms with E-state index in [2.05, 4.69) is 5.32 Å². The molecule has 0 aromatic heterocycles. The number of carbonyl (C=O) groups is 2. The van der Waals surface area contributed by atoms with Crippen molar-refractivity contribution in [2.24, 2.45) is 11.7 Å². The van der Waals surface area contributed by atoms with Gasteiger partial charge in [0.25, 0.3) is 5.91 Å². The highest BCUT2D eigenvalue weighted by molar-refractivity contribution is 5.99. The van der Waals surface area contributed by atoms with Crippen LogP contribution < -0.4 is 11.1 Å². The van der Waals surface area contributed by atoms with Crippen molar-refractivity contribution >= 4 is 11.8 Å². The van der Waals surface area contributed by atoms with E-state index in [-0.39, 0.29) is 11.8 Å². The van der Waals surface area contributed by atoms with Crippen LogP contribution in [0.1, 0.15) is 43.1 Å². The zero-order valence-electron chi connectivity index (χ0n) is 11.9. The fraction of sp³-hybridized carbons (Fsp3) is 0.400. The average molecular weight is 273 g/mol. The number of amides is 2. The molecule has 0 heterocycles. The summed E-state index contributed by atoms with van der Waals surface area (Å²) in [6, 6.07) is 8.20. The Bertz CT molecular complexity index is 543. The van der Waals surface area contributed by atoms with E-state index < -0.39 is 11.4 Å². The lowest BCUT2D eigenvalue weighted by atomic mass is 9.82. The molecule has 1 aromatic carbocycles. The number of nitrogens with two attached hydrogens (primary N) is 1. The largest absolute Gasteiger partial charge is 0.368 e. The van der Waals surface area contributed by atoms with Gasteiger partial charge in [-0.15, -0.1) is 0 Å². The lowest BCUT2D eigenvalue weighted by molar-refractivity contribution is -0.126. The second-order valence-corrected chi connectivity index (χ2v) is 4.99. The molecule has 0 fully saturated rings. The number of benzene rings is 1. The fourth-order valence-electron chi connectivity index (χ4n) is 2.13. The van der Waals surface area contributed by atoms with Crippen molar-refractivity contribution in [1.82, 2.24) is 5.32 Å². The van der Waals surface area contributed by atoms with Gasteiger partial charge in [0.05, 0.1) is 11.6 Å². The third-order valence-corrected chi connectivity index (χ3v) is 3.60. The maximum Gasteiger partial charge on any atom is 0.252 e. The van der Waals surface area contributed by atoms with E-state index in [1.165, 1.54) is 0 Å². The zero-order valence-corrected chi connectivity index (χ0v) is 11.9. The van der Waals surface area contributed by atoms with Gasteiger partial charge in [0.2, 0.25) is 5.91 Å². The molecule has 0 bridgehead atoms. The molecule has 0 unspecified atom stereocenters. The van der Waals surface area contributed by atoms with Crippen LogP contribution in [0.4, 0.5) is 0 Å². The number of nitriles is 1. The SMILES string of the molecule is CC[C@@](NC(=O)c1ccc(C#N)cc1)(C(N)=O)C(C)C. The minimum atomic E-state index is -1.06. The van der Waals surface area contributed by atoms with Gasteiger partial charge in [-0.1, -0.05) is 20.8 Å². The highest BCUT2D eigenvalue weighted by atomic mass is 16.2. The first kappa shape index (κ1) is 15.7. The summed E-state index contributed by atoms with van der Waals surface area (Å²) >= 11 is 0. The van der Waals surface area contributed by atoms with Crippen molar-refractivity contribution in [3.8, 4) is 6.07 Å². The second kappa shape index (κ2) is 6.20. The normalized spacial score (nSPS) is 13.3. The molecule has 1 atom stereocenters. The van der Waals surface area contributed by atoms with E-state index in [0.29, 0.717) is 17.5 Å². The lowest BCUT2D eigenvalue weighted by Gasteiger charge is -2.34. The first-order valence-electron chi connectivity index (χ1n) is 6.50. The van der Waals surface area contributed by atoms with Crippen LogP contribution >= 0.6 is 0 Å². The smallest absolute Gasteiger partial charge is 0.252 e. The number of hydrogen-bond acceptors (Lipinski definition) is 3. The van der Waals surface area contributed by atoms with E-state index in [1.807, 2.05) is 26.8 Å². The summed E-state index contributed by atoms with van der Waals surface area (Å²) in [4.78, 5) is 24.0. The standard InChI is InChI=1S/C15H19N3O2/c1-4-15(10(2)3,14(17)20)18-13(19)12-7-5-11(9-16)6-8-12/h5-8,10H,4H2,1-3H3,(H2,17,20)(H,18,19)/t15-/m0/s1. The number of nitrogens with one attached hydrogen (secondary N) is 1. The average Bonchev–Trinajstić information content (AvgIpc) is 2.43. The molecular formula is C15H19N3O2. The highest BCUT2D eigenvalue weighted by Crippen LogP contribution is 2.21. The number of primary amides is 1. The van der Waals surface area contributed by atoms with Gasteiger partial charge in [-0.25, -0.2) is 0 Å². The van der Waals surface area contributed by atoms with Crippen LogP contribution in [-0.2, 0) is 4.79 Å². The number of hydrogen-bond donors (Lipinski definition) is 2. The van der Waals surface area contributed by atoms with Crippen LogP contribution in [0.15, 0.2) is 24.3 Å². The first-order chi connectivity index (χ1) is 9.37. The van der Waals surface area contributed by atoms with E-state index in [9.17, 15) is 9.59 Å². The number of nitrogens with zero attached hydrogens (tertiary/aromatic N) is 1. The van der Waals surface area contributed by atoms with Crippen molar-refractivity contribution in [1.29, 1.82) is 5.26 Å². The van der Waals surface area contributed by atoms with Crippen molar-refractivity contribution in [3.05, 3.63) is 35.4 Å². The quantitative estimate of drug-likeness (QED) is 0.852. The van der Waals surface area contributed by atoms with E-state index in [0.717, 1.165) is 0 Å². The summed E-state index contributed by atoms with van der Waals surface area (Å²) in [7, 11) is 0. The van der Waals surface area contributed by atoms with Crippen LogP contribution in [0.25, 0.3) is 0 Å². The Kier molecular flexibility index (Phi) is 4.87. The minimum Gasteiger partial charge on any atom is -0.368 e. The van der Waals surface area contributed by atoms with Gasteiger partial charge < -0.3 is 11.1 Å². The van der Waals surface area contributed by atoms with Gasteiger partial charge in [-0.3, -0.25) is 9.59 Å². The Labute approximate surface area is 118 Å². The Morgan fingerprint density at radius 3 is 2.25 bits per heavy atom. The van der Waals surface area contributed by atoms with E-state index >= 15 is 0 Å². The molecule has 0 saturated heterocycles. The van der Waals surface area contributed by atoms with Crippen LogP contribution in [0.3, 0.4) is 0 Å². The molecule has 106 valence electrons. The van der Waals surface area contributed by atoms with Gasteiger partial charge >= 0.3 is 0 Å². The second-order valence-electron chi connectivity index (χ2n) is 4.99. The lowest BCUT2D eigenvalue weighted by Crippen LogP contribution is -2.60. The molecule has 0 aliphatic heterocycles. The minimum absolute atomic E-state index is 0.118. The van der Waals surface area contributed by atoms with Crippen LogP contribution in [0.5, 0.6) is 0 Å². The summed E-state index contributed by atoms with van der Waals surface area (Å²) in [5, 5.41) is 11.5. The molecule has 0 radical (unpaired) electrons. The molecule has 1 aromatic rings. The fourth-order valence-corrected chi connectivity index (χ4v) is 2.13. The first-order valence-corrected chi connectivity index (χ1v) is 6.50. The molecule has 5 heteroatoms. The Balaban J connectivity index is 3.02. The van der Waals surface area contributed by atoms with Gasteiger partial charge in [0.1, 0.15) is 5.54 Å².